The van der Waals surface area contributed by atoms with Crippen LogP contribution in [0.2, 0.25) is 0 Å². The summed E-state index contributed by atoms with van der Waals surface area (Å²) in [4.78, 5) is 19.2. The fourth-order valence-electron chi connectivity index (χ4n) is 3.63. The van der Waals surface area contributed by atoms with Gasteiger partial charge in [0.15, 0.2) is 17.3 Å². The van der Waals surface area contributed by atoms with E-state index in [0.29, 0.717) is 24.0 Å². The Balaban J connectivity index is 1.50. The van der Waals surface area contributed by atoms with E-state index < -0.39 is 0 Å². The quantitative estimate of drug-likeness (QED) is 0.719. The average molecular weight is 402 g/mol. The predicted octanol–water partition coefficient (Wildman–Crippen LogP) is 1.30. The van der Waals surface area contributed by atoms with Crippen molar-refractivity contribution in [1.82, 2.24) is 25.0 Å². The zero-order valence-electron chi connectivity index (χ0n) is 17.5. The zero-order valence-corrected chi connectivity index (χ0v) is 17.5. The normalized spacial score (nSPS) is 16.4. The number of rotatable bonds is 7. The SMILES string of the molecule is COc1ccc(CNC(=O)[C@H](C)N2CCC(c3nc(N)n(C)n3)CC2)cc1OC. The van der Waals surface area contributed by atoms with Gasteiger partial charge in [-0.15, -0.1) is 0 Å². The first-order valence-electron chi connectivity index (χ1n) is 9.82. The molecule has 2 aromatic rings. The van der Waals surface area contributed by atoms with Crippen LogP contribution in [0.4, 0.5) is 5.95 Å². The molecule has 0 saturated carbocycles. The number of anilines is 1. The van der Waals surface area contributed by atoms with Crippen LogP contribution in [0.3, 0.4) is 0 Å². The number of nitrogens with two attached hydrogens (primary N) is 1. The number of methoxy groups -OCH3 is 2. The lowest BCUT2D eigenvalue weighted by atomic mass is 9.95. The maximum atomic E-state index is 12.6. The van der Waals surface area contributed by atoms with E-state index in [-0.39, 0.29) is 17.9 Å². The second kappa shape index (κ2) is 9.13. The predicted molar refractivity (Wildman–Crippen MR) is 110 cm³/mol. The largest absolute Gasteiger partial charge is 0.493 e. The third kappa shape index (κ3) is 4.79. The first kappa shape index (κ1) is 20.9. The van der Waals surface area contributed by atoms with Crippen LogP contribution in [-0.4, -0.2) is 58.9 Å². The Morgan fingerprint density at radius 1 is 1.28 bits per heavy atom. The molecule has 1 aromatic carbocycles. The molecule has 1 aliphatic heterocycles. The van der Waals surface area contributed by atoms with E-state index >= 15 is 0 Å². The molecular formula is C20H30N6O3. The number of amides is 1. The van der Waals surface area contributed by atoms with Gasteiger partial charge in [-0.3, -0.25) is 9.69 Å². The van der Waals surface area contributed by atoms with Crippen LogP contribution < -0.4 is 20.5 Å². The van der Waals surface area contributed by atoms with Gasteiger partial charge in [0.1, 0.15) is 0 Å². The van der Waals surface area contributed by atoms with Crippen LogP contribution in [0.25, 0.3) is 0 Å². The number of ether oxygens (including phenoxy) is 2. The van der Waals surface area contributed by atoms with Crippen molar-refractivity contribution in [2.75, 3.05) is 33.0 Å². The second-order valence-electron chi connectivity index (χ2n) is 7.35. The van der Waals surface area contributed by atoms with E-state index in [1.165, 1.54) is 0 Å². The van der Waals surface area contributed by atoms with Gasteiger partial charge in [-0.05, 0) is 50.6 Å². The van der Waals surface area contributed by atoms with Gasteiger partial charge in [0.05, 0.1) is 20.3 Å². The number of nitrogens with zero attached hydrogens (tertiary/aromatic N) is 4. The number of carbonyl (C=O) groups is 1. The van der Waals surface area contributed by atoms with Gasteiger partial charge in [-0.1, -0.05) is 6.07 Å². The van der Waals surface area contributed by atoms with E-state index in [1.54, 1.807) is 25.9 Å². The summed E-state index contributed by atoms with van der Waals surface area (Å²) in [6.45, 7) is 4.04. The molecule has 0 aliphatic carbocycles. The summed E-state index contributed by atoms with van der Waals surface area (Å²) < 4.78 is 12.2. The maximum absolute atomic E-state index is 12.6. The Labute approximate surface area is 171 Å². The van der Waals surface area contributed by atoms with Gasteiger partial charge in [0.25, 0.3) is 0 Å². The Morgan fingerprint density at radius 2 is 1.97 bits per heavy atom. The van der Waals surface area contributed by atoms with E-state index in [9.17, 15) is 4.79 Å². The van der Waals surface area contributed by atoms with E-state index in [4.69, 9.17) is 15.2 Å². The molecule has 3 rings (SSSR count). The van der Waals surface area contributed by atoms with Crippen molar-refractivity contribution in [3.63, 3.8) is 0 Å². The van der Waals surface area contributed by atoms with Crippen molar-refractivity contribution >= 4 is 11.9 Å². The molecule has 1 fully saturated rings. The zero-order chi connectivity index (χ0) is 21.0. The number of piperidine rings is 1. The molecule has 3 N–H and O–H groups in total. The standard InChI is InChI=1S/C20H30N6O3/c1-13(19(27)22-12-14-5-6-16(28-3)17(11-14)29-4)26-9-7-15(8-10-26)18-23-20(21)25(2)24-18/h5-6,11,13,15H,7-10,12H2,1-4H3,(H,22,27)(H2,21,23,24)/t13-/m0/s1. The number of carbonyl (C=O) groups excluding carboxylic acids is 1. The molecule has 1 saturated heterocycles. The topological polar surface area (TPSA) is 108 Å². The number of hydrogen-bond donors (Lipinski definition) is 2. The molecule has 0 unspecified atom stereocenters. The number of aryl methyl sites for hydroxylation is 1. The summed E-state index contributed by atoms with van der Waals surface area (Å²) in [5, 5.41) is 7.41. The van der Waals surface area contributed by atoms with Crippen LogP contribution in [-0.2, 0) is 18.4 Å². The van der Waals surface area contributed by atoms with Crippen molar-refractivity contribution in [3.05, 3.63) is 29.6 Å². The number of nitrogen functional groups attached to an aromatic ring is 1. The number of aromatic nitrogens is 3. The van der Waals surface area contributed by atoms with E-state index in [2.05, 4.69) is 20.3 Å². The molecule has 9 heteroatoms. The monoisotopic (exact) mass is 402 g/mol. The van der Waals surface area contributed by atoms with Crippen LogP contribution in [0.15, 0.2) is 18.2 Å². The van der Waals surface area contributed by atoms with Crippen LogP contribution in [0, 0.1) is 0 Å². The third-order valence-electron chi connectivity index (χ3n) is 5.55. The molecule has 158 valence electrons. The van der Waals surface area contributed by atoms with Gasteiger partial charge >= 0.3 is 0 Å². The first-order chi connectivity index (χ1) is 13.9. The molecule has 2 heterocycles. The second-order valence-corrected chi connectivity index (χ2v) is 7.35. The third-order valence-corrected chi connectivity index (χ3v) is 5.55. The number of benzene rings is 1. The Morgan fingerprint density at radius 3 is 2.55 bits per heavy atom. The molecule has 9 nitrogen and oxygen atoms in total. The summed E-state index contributed by atoms with van der Waals surface area (Å²) in [7, 11) is 5.00. The fraction of sp³-hybridized carbons (Fsp3) is 0.550. The molecule has 0 spiro atoms. The molecule has 1 amide bonds. The van der Waals surface area contributed by atoms with Crippen molar-refractivity contribution in [2.24, 2.45) is 7.05 Å². The molecular weight excluding hydrogens is 372 g/mol. The van der Waals surface area contributed by atoms with Crippen LogP contribution in [0.1, 0.15) is 37.1 Å². The minimum atomic E-state index is -0.196. The molecule has 1 aromatic heterocycles. The van der Waals surface area contributed by atoms with E-state index in [0.717, 1.165) is 37.3 Å². The lowest BCUT2D eigenvalue weighted by Gasteiger charge is -2.34. The number of hydrogen-bond acceptors (Lipinski definition) is 7. The highest BCUT2D eigenvalue weighted by atomic mass is 16.5. The van der Waals surface area contributed by atoms with Gasteiger partial charge in [0.2, 0.25) is 11.9 Å². The summed E-state index contributed by atoms with van der Waals surface area (Å²) >= 11 is 0. The molecule has 0 radical (unpaired) electrons. The summed E-state index contributed by atoms with van der Waals surface area (Å²) in [5.41, 5.74) is 6.75. The van der Waals surface area contributed by atoms with Gasteiger partial charge in [-0.2, -0.15) is 10.1 Å². The molecule has 29 heavy (non-hydrogen) atoms. The Kier molecular flexibility index (Phi) is 6.58. The van der Waals surface area contributed by atoms with Crippen LogP contribution >= 0.6 is 0 Å². The maximum Gasteiger partial charge on any atom is 0.237 e. The summed E-state index contributed by atoms with van der Waals surface area (Å²) in [6, 6.07) is 5.44. The van der Waals surface area contributed by atoms with Gasteiger partial charge in [0, 0.05) is 19.5 Å². The van der Waals surface area contributed by atoms with Crippen molar-refractivity contribution in [2.45, 2.75) is 38.3 Å². The van der Waals surface area contributed by atoms with Gasteiger partial charge in [-0.25, -0.2) is 4.68 Å². The molecule has 1 aliphatic rings. The lowest BCUT2D eigenvalue weighted by Crippen LogP contribution is -2.47. The summed E-state index contributed by atoms with van der Waals surface area (Å²) in [6.07, 6.45) is 1.83. The van der Waals surface area contributed by atoms with Gasteiger partial charge < -0.3 is 20.5 Å². The smallest absolute Gasteiger partial charge is 0.237 e. The summed E-state index contributed by atoms with van der Waals surface area (Å²) in [5.74, 6) is 2.86. The minimum absolute atomic E-state index is 0.0124. The first-order valence-corrected chi connectivity index (χ1v) is 9.82. The molecule has 1 atom stereocenters. The average Bonchev–Trinajstić information content (AvgIpc) is 3.09. The van der Waals surface area contributed by atoms with Crippen LogP contribution in [0.5, 0.6) is 11.5 Å². The fourth-order valence-corrected chi connectivity index (χ4v) is 3.63. The minimum Gasteiger partial charge on any atom is -0.493 e. The van der Waals surface area contributed by atoms with Crippen molar-refractivity contribution in [3.8, 4) is 11.5 Å². The highest BCUT2D eigenvalue weighted by Crippen LogP contribution is 2.28. The number of likely N-dealkylation sites (tertiary alicyclic amines) is 1. The number of nitrogens with one attached hydrogen (secondary N) is 1. The Hall–Kier alpha value is -2.81. The van der Waals surface area contributed by atoms with Crippen molar-refractivity contribution in [1.29, 1.82) is 0 Å². The van der Waals surface area contributed by atoms with Crippen molar-refractivity contribution < 1.29 is 14.3 Å². The highest BCUT2D eigenvalue weighted by Gasteiger charge is 2.29. The Bertz CT molecular complexity index is 825. The van der Waals surface area contributed by atoms with E-state index in [1.807, 2.05) is 25.1 Å². The highest BCUT2D eigenvalue weighted by molar-refractivity contribution is 5.81. The lowest BCUT2D eigenvalue weighted by molar-refractivity contribution is -0.126. The molecule has 0 bridgehead atoms.